The van der Waals surface area contributed by atoms with E-state index < -0.39 is 36.3 Å². The smallest absolute Gasteiger partial charge is 0.320 e. The predicted octanol–water partition coefficient (Wildman–Crippen LogP) is 2.42. The topological polar surface area (TPSA) is 100 Å². The highest BCUT2D eigenvalue weighted by Gasteiger charge is 2.44. The lowest BCUT2D eigenvalue weighted by Gasteiger charge is -2.32. The molecule has 1 atom stereocenters. The molecule has 3 amide bonds. The molecule has 2 aliphatic rings. The largest absolute Gasteiger partial charge is 0.322 e. The number of anilines is 1. The summed E-state index contributed by atoms with van der Waals surface area (Å²) in [6.45, 7) is -0.618. The molecule has 1 N–H and O–H groups in total. The van der Waals surface area contributed by atoms with Crippen molar-refractivity contribution in [2.24, 2.45) is 0 Å². The molecule has 2 aliphatic heterocycles. The predicted molar refractivity (Wildman–Crippen MR) is 122 cm³/mol. The monoisotopic (exact) mass is 528 g/mol. The van der Waals surface area contributed by atoms with Crippen LogP contribution in [0.2, 0.25) is 5.02 Å². The highest BCUT2D eigenvalue weighted by molar-refractivity contribution is 6.31. The van der Waals surface area contributed by atoms with Crippen molar-refractivity contribution < 1.29 is 32.4 Å². The maximum Gasteiger partial charge on any atom is 0.322 e. The number of hydrogen-bond acceptors (Lipinski definition) is 6. The molecule has 4 rings (SSSR count). The van der Waals surface area contributed by atoms with E-state index in [0.717, 1.165) is 11.1 Å². The first kappa shape index (κ1) is 25.9. The first-order valence-corrected chi connectivity index (χ1v) is 11.4. The minimum absolute atomic E-state index is 0.0460. The Morgan fingerprint density at radius 2 is 2.17 bits per heavy atom. The van der Waals surface area contributed by atoms with Gasteiger partial charge in [-0.05, 0) is 25.2 Å². The molecule has 0 saturated heterocycles. The number of likely N-dealkylation sites (N-methyl/N-ethyl adjacent to an activating group) is 1. The van der Waals surface area contributed by atoms with Crippen molar-refractivity contribution in [2.75, 3.05) is 39.0 Å². The Bertz CT molecular complexity index is 1190. The molecule has 0 bridgehead atoms. The third-order valence-corrected chi connectivity index (χ3v) is 6.28. The van der Waals surface area contributed by atoms with Gasteiger partial charge < -0.3 is 10.2 Å². The van der Waals surface area contributed by atoms with Gasteiger partial charge in [-0.3, -0.25) is 24.0 Å². The SMILES string of the molecule is CN(CC(F)F)CC1(C=O)Cn2nc3c(c2C(=O)N(C)O1)CN(C(=O)Nc1ccc(F)c(Cl)c1)CC3. The molecule has 0 spiro atoms. The summed E-state index contributed by atoms with van der Waals surface area (Å²) in [5.74, 6) is -1.20. The van der Waals surface area contributed by atoms with E-state index >= 15 is 0 Å². The summed E-state index contributed by atoms with van der Waals surface area (Å²) in [4.78, 5) is 46.5. The first-order valence-electron chi connectivity index (χ1n) is 11.0. The average Bonchev–Trinajstić information content (AvgIpc) is 3.12. The van der Waals surface area contributed by atoms with Crippen LogP contribution in [0, 0.1) is 5.82 Å². The number of aldehydes is 1. The molecule has 0 saturated carbocycles. The summed E-state index contributed by atoms with van der Waals surface area (Å²) >= 11 is 5.78. The van der Waals surface area contributed by atoms with Gasteiger partial charge in [-0.25, -0.2) is 23.0 Å². The van der Waals surface area contributed by atoms with Crippen molar-refractivity contribution in [3.63, 3.8) is 0 Å². The molecule has 36 heavy (non-hydrogen) atoms. The number of aromatic nitrogens is 2. The Morgan fingerprint density at radius 3 is 2.83 bits per heavy atom. The average molecular weight is 529 g/mol. The normalized spacial score (nSPS) is 19.8. The zero-order chi connectivity index (χ0) is 26.2. The van der Waals surface area contributed by atoms with Crippen LogP contribution in [0.15, 0.2) is 18.2 Å². The van der Waals surface area contributed by atoms with Gasteiger partial charge in [0.2, 0.25) is 0 Å². The number of rotatable bonds is 6. The van der Waals surface area contributed by atoms with Crippen molar-refractivity contribution in [3.8, 4) is 0 Å². The lowest BCUT2D eigenvalue weighted by molar-refractivity contribution is -0.204. The number of benzene rings is 1. The van der Waals surface area contributed by atoms with Gasteiger partial charge in [0.05, 0.1) is 30.4 Å². The van der Waals surface area contributed by atoms with Crippen molar-refractivity contribution >= 4 is 35.5 Å². The van der Waals surface area contributed by atoms with E-state index in [4.69, 9.17) is 16.4 Å². The molecule has 0 aliphatic carbocycles. The maximum absolute atomic E-state index is 13.4. The number of hydroxylamine groups is 2. The first-order chi connectivity index (χ1) is 17.0. The zero-order valence-electron chi connectivity index (χ0n) is 19.5. The summed E-state index contributed by atoms with van der Waals surface area (Å²) < 4.78 is 40.5. The third-order valence-electron chi connectivity index (χ3n) is 5.99. The van der Waals surface area contributed by atoms with Gasteiger partial charge in [-0.15, -0.1) is 0 Å². The van der Waals surface area contributed by atoms with Gasteiger partial charge in [0.15, 0.2) is 11.9 Å². The minimum atomic E-state index is -2.61. The van der Waals surface area contributed by atoms with E-state index in [1.807, 2.05) is 0 Å². The fourth-order valence-corrected chi connectivity index (χ4v) is 4.59. The number of carbonyl (C=O) groups is 3. The Labute approximate surface area is 209 Å². The number of halogens is 4. The van der Waals surface area contributed by atoms with Crippen LogP contribution in [0.4, 0.5) is 23.7 Å². The Kier molecular flexibility index (Phi) is 7.25. The Hall–Kier alpha value is -3.16. The van der Waals surface area contributed by atoms with Crippen LogP contribution < -0.4 is 5.32 Å². The maximum atomic E-state index is 13.4. The van der Waals surface area contributed by atoms with Gasteiger partial charge in [0.25, 0.3) is 12.3 Å². The molecule has 1 unspecified atom stereocenters. The molecule has 14 heteroatoms. The molecule has 1 aromatic heterocycles. The van der Waals surface area contributed by atoms with Gasteiger partial charge in [0, 0.05) is 37.8 Å². The lowest BCUT2D eigenvalue weighted by atomic mass is 10.0. The fraction of sp³-hybridized carbons (Fsp3) is 0.455. The zero-order valence-corrected chi connectivity index (χ0v) is 20.3. The molecule has 0 fully saturated rings. The van der Waals surface area contributed by atoms with E-state index in [1.54, 1.807) is 0 Å². The second kappa shape index (κ2) is 10.1. The molecule has 0 radical (unpaired) electrons. The summed E-state index contributed by atoms with van der Waals surface area (Å²) in [6.07, 6.45) is -1.79. The van der Waals surface area contributed by atoms with Gasteiger partial charge >= 0.3 is 6.03 Å². The van der Waals surface area contributed by atoms with Gasteiger partial charge in [-0.2, -0.15) is 5.10 Å². The van der Waals surface area contributed by atoms with E-state index in [0.29, 0.717) is 36.2 Å². The van der Waals surface area contributed by atoms with Crippen LogP contribution in [0.3, 0.4) is 0 Å². The van der Waals surface area contributed by atoms with Gasteiger partial charge in [-0.1, -0.05) is 11.6 Å². The lowest BCUT2D eigenvalue weighted by Crippen LogP contribution is -2.51. The van der Waals surface area contributed by atoms with Crippen LogP contribution in [0.5, 0.6) is 0 Å². The highest BCUT2D eigenvalue weighted by Crippen LogP contribution is 2.29. The third kappa shape index (κ3) is 5.18. The number of carbonyl (C=O) groups excluding carboxylic acids is 3. The van der Waals surface area contributed by atoms with Crippen LogP contribution in [-0.2, 0) is 29.1 Å². The van der Waals surface area contributed by atoms with Crippen molar-refractivity contribution in [3.05, 3.63) is 46.0 Å². The van der Waals surface area contributed by atoms with Crippen molar-refractivity contribution in [1.29, 1.82) is 0 Å². The van der Waals surface area contributed by atoms with Crippen LogP contribution in [0.25, 0.3) is 0 Å². The highest BCUT2D eigenvalue weighted by atomic mass is 35.5. The number of hydrogen-bond donors (Lipinski definition) is 1. The Balaban J connectivity index is 1.58. The molecule has 194 valence electrons. The molecule has 3 heterocycles. The molecular weight excluding hydrogens is 505 g/mol. The number of alkyl halides is 2. The number of amides is 3. The number of urea groups is 1. The van der Waals surface area contributed by atoms with E-state index in [2.05, 4.69) is 10.4 Å². The van der Waals surface area contributed by atoms with E-state index in [-0.39, 0.29) is 30.4 Å². The summed E-state index contributed by atoms with van der Waals surface area (Å²) in [5.41, 5.74) is -0.0961. The van der Waals surface area contributed by atoms with Crippen LogP contribution >= 0.6 is 11.6 Å². The second-order valence-electron chi connectivity index (χ2n) is 8.83. The van der Waals surface area contributed by atoms with Crippen LogP contribution in [0.1, 0.15) is 21.7 Å². The molecule has 10 nitrogen and oxygen atoms in total. The molecule has 2 aromatic rings. The number of nitrogens with zero attached hydrogens (tertiary/aromatic N) is 5. The quantitative estimate of drug-likeness (QED) is 0.578. The summed E-state index contributed by atoms with van der Waals surface area (Å²) in [6, 6.07) is 3.32. The fourth-order valence-electron chi connectivity index (χ4n) is 4.41. The van der Waals surface area contributed by atoms with Crippen molar-refractivity contribution in [2.45, 2.75) is 31.5 Å². The Morgan fingerprint density at radius 1 is 1.42 bits per heavy atom. The second-order valence-corrected chi connectivity index (χ2v) is 9.23. The van der Waals surface area contributed by atoms with E-state index in [1.165, 1.54) is 40.7 Å². The molecule has 1 aromatic carbocycles. The minimum Gasteiger partial charge on any atom is -0.320 e. The summed E-state index contributed by atoms with van der Waals surface area (Å²) in [7, 11) is 2.75. The summed E-state index contributed by atoms with van der Waals surface area (Å²) in [5, 5.41) is 7.90. The van der Waals surface area contributed by atoms with Gasteiger partial charge in [0.1, 0.15) is 11.5 Å². The number of fused-ring (bicyclic) bond motifs is 3. The van der Waals surface area contributed by atoms with Crippen LogP contribution in [-0.4, -0.2) is 88.6 Å². The van der Waals surface area contributed by atoms with Crippen molar-refractivity contribution in [1.82, 2.24) is 24.6 Å². The molecular formula is C22H24ClF3N6O4. The van der Waals surface area contributed by atoms with E-state index in [9.17, 15) is 27.6 Å². The standard InChI is InChI=1S/C22H24ClF3N6O4/c1-29(9-18(25)26)10-22(12-33)11-32-19(20(34)30(2)36-22)14-8-31(6-5-17(14)28-32)21(35)27-13-3-4-16(24)15(23)7-13/h3-4,7,12,18H,5-6,8-11H2,1-2H3,(H,27,35). The number of nitrogens with one attached hydrogen (secondary N) is 1.